The monoisotopic (exact) mass is 296 g/mol. The predicted molar refractivity (Wildman–Crippen MR) is 80.4 cm³/mol. The lowest BCUT2D eigenvalue weighted by Crippen LogP contribution is -2.56. The molecule has 4 atom stereocenters. The fourth-order valence-electron chi connectivity index (χ4n) is 3.65. The van der Waals surface area contributed by atoms with Gasteiger partial charge in [-0.3, -0.25) is 4.79 Å². The highest BCUT2D eigenvalue weighted by atomic mass is 16.5. The van der Waals surface area contributed by atoms with Crippen LogP contribution in [0.1, 0.15) is 52.9 Å². The average molecular weight is 296 g/mol. The maximum atomic E-state index is 12.9. The highest BCUT2D eigenvalue weighted by molar-refractivity contribution is 5.89. The van der Waals surface area contributed by atoms with E-state index in [-0.39, 0.29) is 23.3 Å². The molecule has 5 nitrogen and oxygen atoms in total. The van der Waals surface area contributed by atoms with Gasteiger partial charge in [0.2, 0.25) is 5.91 Å². The number of hydrogen-bond acceptors (Lipinski definition) is 4. The zero-order chi connectivity index (χ0) is 15.8. The van der Waals surface area contributed by atoms with Gasteiger partial charge in [-0.05, 0) is 30.6 Å². The standard InChI is InChI=1S/C16H28N2O3/c1-16(2,3)13(17)14(19)18-11-8-6-5-7-10(11)9-12(18)15(20)21-4/h10-13H,5-9,17H2,1-4H3/t10?,11?,12-,13+/m0/s1. The molecule has 2 rings (SSSR count). The molecule has 1 saturated heterocycles. The summed E-state index contributed by atoms with van der Waals surface area (Å²) in [6, 6.07) is -0.891. The summed E-state index contributed by atoms with van der Waals surface area (Å²) in [6.45, 7) is 5.87. The predicted octanol–water partition coefficient (Wildman–Crippen LogP) is 1.69. The molecule has 5 heteroatoms. The number of likely N-dealkylation sites (tertiary alicyclic amines) is 1. The molecule has 120 valence electrons. The Morgan fingerprint density at radius 3 is 2.43 bits per heavy atom. The second kappa shape index (κ2) is 5.95. The molecule has 2 fully saturated rings. The first-order chi connectivity index (χ1) is 9.77. The fourth-order valence-corrected chi connectivity index (χ4v) is 3.65. The maximum Gasteiger partial charge on any atom is 0.328 e. The van der Waals surface area contributed by atoms with Crippen LogP contribution in [0.25, 0.3) is 0 Å². The van der Waals surface area contributed by atoms with Gasteiger partial charge in [-0.1, -0.05) is 33.6 Å². The zero-order valence-corrected chi connectivity index (χ0v) is 13.6. The molecule has 1 heterocycles. The summed E-state index contributed by atoms with van der Waals surface area (Å²) >= 11 is 0. The van der Waals surface area contributed by atoms with Gasteiger partial charge in [0.1, 0.15) is 6.04 Å². The van der Waals surface area contributed by atoms with E-state index < -0.39 is 12.1 Å². The number of methoxy groups -OCH3 is 1. The van der Waals surface area contributed by atoms with Crippen molar-refractivity contribution in [3.05, 3.63) is 0 Å². The first-order valence-corrected chi connectivity index (χ1v) is 7.93. The highest BCUT2D eigenvalue weighted by Crippen LogP contribution is 2.41. The van der Waals surface area contributed by atoms with Gasteiger partial charge < -0.3 is 15.4 Å². The Kier molecular flexibility index (Phi) is 4.61. The number of carbonyl (C=O) groups is 2. The van der Waals surface area contributed by atoms with Crippen molar-refractivity contribution >= 4 is 11.9 Å². The minimum Gasteiger partial charge on any atom is -0.467 e. The van der Waals surface area contributed by atoms with Gasteiger partial charge in [-0.25, -0.2) is 4.79 Å². The van der Waals surface area contributed by atoms with Crippen LogP contribution in [-0.4, -0.2) is 42.0 Å². The molecule has 1 aliphatic carbocycles. The Labute approximate surface area is 127 Å². The van der Waals surface area contributed by atoms with Crippen LogP contribution in [0.15, 0.2) is 0 Å². The Morgan fingerprint density at radius 2 is 1.86 bits per heavy atom. The lowest BCUT2D eigenvalue weighted by atomic mass is 9.83. The number of amides is 1. The molecule has 0 aromatic rings. The van der Waals surface area contributed by atoms with Crippen LogP contribution in [0.2, 0.25) is 0 Å². The first kappa shape index (κ1) is 16.3. The molecule has 2 N–H and O–H groups in total. The van der Waals surface area contributed by atoms with Gasteiger partial charge in [0.25, 0.3) is 0 Å². The van der Waals surface area contributed by atoms with Crippen LogP contribution in [0, 0.1) is 11.3 Å². The number of fused-ring (bicyclic) bond motifs is 1. The fraction of sp³-hybridized carbons (Fsp3) is 0.875. The topological polar surface area (TPSA) is 72.6 Å². The SMILES string of the molecule is COC(=O)[C@@H]1CC2CCCCC2N1C(=O)[C@@H](N)C(C)(C)C. The Bertz CT molecular complexity index is 416. The molecule has 21 heavy (non-hydrogen) atoms. The number of hydrogen-bond donors (Lipinski definition) is 1. The third kappa shape index (κ3) is 3.07. The van der Waals surface area contributed by atoms with E-state index in [1.165, 1.54) is 13.5 Å². The van der Waals surface area contributed by atoms with Crippen LogP contribution in [0.4, 0.5) is 0 Å². The van der Waals surface area contributed by atoms with Gasteiger partial charge in [0.15, 0.2) is 0 Å². The van der Waals surface area contributed by atoms with Gasteiger partial charge in [-0.2, -0.15) is 0 Å². The number of nitrogens with zero attached hydrogens (tertiary/aromatic N) is 1. The van der Waals surface area contributed by atoms with E-state index >= 15 is 0 Å². The molecule has 0 aromatic carbocycles. The maximum absolute atomic E-state index is 12.9. The van der Waals surface area contributed by atoms with E-state index in [0.717, 1.165) is 25.7 Å². The van der Waals surface area contributed by atoms with Crippen molar-refractivity contribution in [3.8, 4) is 0 Å². The van der Waals surface area contributed by atoms with Crippen LogP contribution >= 0.6 is 0 Å². The van der Waals surface area contributed by atoms with Gasteiger partial charge in [-0.15, -0.1) is 0 Å². The number of rotatable bonds is 2. The van der Waals surface area contributed by atoms with E-state index in [1.807, 2.05) is 20.8 Å². The minimum atomic E-state index is -0.592. The molecule has 2 aliphatic rings. The zero-order valence-electron chi connectivity index (χ0n) is 13.6. The van der Waals surface area contributed by atoms with E-state index in [0.29, 0.717) is 5.92 Å². The van der Waals surface area contributed by atoms with Crippen molar-refractivity contribution in [2.45, 2.75) is 71.0 Å². The third-order valence-electron chi connectivity index (χ3n) is 5.01. The molecule has 0 aromatic heterocycles. The van der Waals surface area contributed by atoms with Crippen molar-refractivity contribution in [1.82, 2.24) is 4.90 Å². The molecule has 1 amide bonds. The average Bonchev–Trinajstić information content (AvgIpc) is 2.83. The lowest BCUT2D eigenvalue weighted by Gasteiger charge is -2.37. The van der Waals surface area contributed by atoms with Crippen molar-refractivity contribution < 1.29 is 14.3 Å². The van der Waals surface area contributed by atoms with E-state index in [2.05, 4.69) is 0 Å². The summed E-state index contributed by atoms with van der Waals surface area (Å²) < 4.78 is 4.91. The van der Waals surface area contributed by atoms with Crippen LogP contribution in [0.5, 0.6) is 0 Å². The smallest absolute Gasteiger partial charge is 0.328 e. The summed E-state index contributed by atoms with van der Waals surface area (Å²) in [5.74, 6) is 0.00475. The van der Waals surface area contributed by atoms with Crippen molar-refractivity contribution in [2.24, 2.45) is 17.1 Å². The summed E-state index contributed by atoms with van der Waals surface area (Å²) in [4.78, 5) is 26.7. The Balaban J connectivity index is 2.26. The number of ether oxygens (including phenoxy) is 1. The lowest BCUT2D eigenvalue weighted by molar-refractivity contribution is -0.153. The minimum absolute atomic E-state index is 0.104. The second-order valence-corrected chi connectivity index (χ2v) is 7.48. The largest absolute Gasteiger partial charge is 0.467 e. The van der Waals surface area contributed by atoms with E-state index in [1.54, 1.807) is 4.90 Å². The van der Waals surface area contributed by atoms with Crippen molar-refractivity contribution in [1.29, 1.82) is 0 Å². The van der Waals surface area contributed by atoms with Crippen LogP contribution < -0.4 is 5.73 Å². The molecule has 1 aliphatic heterocycles. The second-order valence-electron chi connectivity index (χ2n) is 7.48. The summed E-state index contributed by atoms with van der Waals surface area (Å²) in [6.07, 6.45) is 5.08. The van der Waals surface area contributed by atoms with Crippen LogP contribution in [0.3, 0.4) is 0 Å². The normalized spacial score (nSPS) is 30.7. The molecule has 0 spiro atoms. The quantitative estimate of drug-likeness (QED) is 0.787. The summed E-state index contributed by atoms with van der Waals surface area (Å²) in [5.41, 5.74) is 5.84. The van der Waals surface area contributed by atoms with Gasteiger partial charge in [0.05, 0.1) is 13.2 Å². The molecule has 0 radical (unpaired) electrons. The Morgan fingerprint density at radius 1 is 1.24 bits per heavy atom. The molecule has 2 unspecified atom stereocenters. The molecule has 0 bridgehead atoms. The van der Waals surface area contributed by atoms with Gasteiger partial charge >= 0.3 is 5.97 Å². The molecular formula is C16H28N2O3. The van der Waals surface area contributed by atoms with Crippen molar-refractivity contribution in [3.63, 3.8) is 0 Å². The molecular weight excluding hydrogens is 268 g/mol. The van der Waals surface area contributed by atoms with E-state index in [4.69, 9.17) is 10.5 Å². The van der Waals surface area contributed by atoms with Crippen molar-refractivity contribution in [2.75, 3.05) is 7.11 Å². The molecule has 1 saturated carbocycles. The van der Waals surface area contributed by atoms with E-state index in [9.17, 15) is 9.59 Å². The summed E-state index contributed by atoms with van der Waals surface area (Å²) in [5, 5.41) is 0. The number of esters is 1. The summed E-state index contributed by atoms with van der Waals surface area (Å²) in [7, 11) is 1.39. The van der Waals surface area contributed by atoms with Gasteiger partial charge in [0, 0.05) is 6.04 Å². The number of nitrogens with two attached hydrogens (primary N) is 1. The van der Waals surface area contributed by atoms with Crippen LogP contribution in [-0.2, 0) is 14.3 Å². The number of carbonyl (C=O) groups excluding carboxylic acids is 2. The third-order valence-corrected chi connectivity index (χ3v) is 5.01. The highest BCUT2D eigenvalue weighted by Gasteiger charge is 2.49. The Hall–Kier alpha value is -1.10. The first-order valence-electron chi connectivity index (χ1n) is 7.93.